The molecule has 0 aliphatic rings. The Bertz CT molecular complexity index is 628. The molecule has 0 bridgehead atoms. The van der Waals surface area contributed by atoms with Gasteiger partial charge in [0.1, 0.15) is 0 Å². The van der Waals surface area contributed by atoms with E-state index in [1.807, 2.05) is 6.07 Å². The number of thiazole rings is 1. The molecule has 1 aromatic carbocycles. The predicted molar refractivity (Wildman–Crippen MR) is 79.5 cm³/mol. The summed E-state index contributed by atoms with van der Waals surface area (Å²) in [7, 11) is 0. The third-order valence-electron chi connectivity index (χ3n) is 2.82. The second-order valence-corrected chi connectivity index (χ2v) is 5.81. The van der Waals surface area contributed by atoms with Crippen LogP contribution in [-0.2, 0) is 12.8 Å². The summed E-state index contributed by atoms with van der Waals surface area (Å²) in [6, 6.07) is 7.52. The zero-order valence-corrected chi connectivity index (χ0v) is 12.2. The molecule has 2 rings (SSSR count). The smallest absolute Gasteiger partial charge is 0.180 e. The highest BCUT2D eigenvalue weighted by atomic mass is 35.5. The van der Waals surface area contributed by atoms with E-state index in [1.165, 1.54) is 11.3 Å². The van der Waals surface area contributed by atoms with E-state index < -0.39 is 0 Å². The Balaban J connectivity index is 2.36. The fourth-order valence-corrected chi connectivity index (χ4v) is 3.06. The quantitative estimate of drug-likeness (QED) is 0.932. The van der Waals surface area contributed by atoms with Gasteiger partial charge in [0.2, 0.25) is 0 Å². The minimum absolute atomic E-state index is 0.582. The van der Waals surface area contributed by atoms with Gasteiger partial charge < -0.3 is 5.73 Å². The average molecular weight is 292 g/mol. The van der Waals surface area contributed by atoms with E-state index >= 15 is 0 Å². The number of nitriles is 1. The van der Waals surface area contributed by atoms with Crippen molar-refractivity contribution in [3.8, 4) is 6.07 Å². The number of rotatable bonds is 4. The number of nitrogen functional groups attached to an aromatic ring is 1. The van der Waals surface area contributed by atoms with Gasteiger partial charge in [-0.1, -0.05) is 24.9 Å². The summed E-state index contributed by atoms with van der Waals surface area (Å²) in [5.41, 5.74) is 8.39. The Labute approximate surface area is 121 Å². The molecular weight excluding hydrogens is 278 g/mol. The lowest BCUT2D eigenvalue weighted by molar-refractivity contribution is 0.879. The van der Waals surface area contributed by atoms with Gasteiger partial charge in [-0.15, -0.1) is 11.3 Å². The Hall–Kier alpha value is -1.57. The summed E-state index contributed by atoms with van der Waals surface area (Å²) in [6.07, 6.45) is 2.59. The van der Waals surface area contributed by atoms with Gasteiger partial charge in [-0.3, -0.25) is 0 Å². The maximum absolute atomic E-state index is 9.14. The summed E-state index contributed by atoms with van der Waals surface area (Å²) in [4.78, 5) is 5.48. The van der Waals surface area contributed by atoms with Gasteiger partial charge in [0.25, 0.3) is 0 Å². The van der Waals surface area contributed by atoms with Crippen LogP contribution in [0.2, 0.25) is 5.02 Å². The van der Waals surface area contributed by atoms with E-state index in [0.29, 0.717) is 22.1 Å². The number of nitrogens with two attached hydrogens (primary N) is 1. The Kier molecular flexibility index (Phi) is 4.41. The molecule has 0 radical (unpaired) electrons. The topological polar surface area (TPSA) is 62.7 Å². The number of aromatic nitrogens is 1. The summed E-state index contributed by atoms with van der Waals surface area (Å²) in [6.45, 7) is 2.11. The minimum Gasteiger partial charge on any atom is -0.375 e. The van der Waals surface area contributed by atoms with E-state index in [4.69, 9.17) is 22.6 Å². The number of anilines is 1. The Morgan fingerprint density at radius 3 is 2.95 bits per heavy atom. The van der Waals surface area contributed by atoms with Gasteiger partial charge in [0.15, 0.2) is 5.13 Å². The number of hydrogen-bond acceptors (Lipinski definition) is 4. The maximum Gasteiger partial charge on any atom is 0.180 e. The maximum atomic E-state index is 9.14. The van der Waals surface area contributed by atoms with Gasteiger partial charge in [-0.25, -0.2) is 4.98 Å². The molecule has 0 aliphatic carbocycles. The lowest BCUT2D eigenvalue weighted by Gasteiger charge is -2.04. The zero-order chi connectivity index (χ0) is 13.8. The first kappa shape index (κ1) is 13.9. The molecule has 0 fully saturated rings. The van der Waals surface area contributed by atoms with Crippen molar-refractivity contribution in [2.24, 2.45) is 0 Å². The van der Waals surface area contributed by atoms with Crippen LogP contribution in [0.1, 0.15) is 35.0 Å². The number of nitrogens with zero attached hydrogens (tertiary/aromatic N) is 2. The summed E-state index contributed by atoms with van der Waals surface area (Å²) < 4.78 is 0. The summed E-state index contributed by atoms with van der Waals surface area (Å²) in [5.74, 6) is 0. The molecule has 0 spiro atoms. The Morgan fingerprint density at radius 2 is 2.26 bits per heavy atom. The first-order chi connectivity index (χ1) is 9.13. The van der Waals surface area contributed by atoms with E-state index in [2.05, 4.69) is 18.0 Å². The van der Waals surface area contributed by atoms with E-state index in [1.54, 1.807) is 12.1 Å². The SMILES string of the molecule is CCCc1nc(N)sc1Cc1cc(Cl)ccc1C#N. The van der Waals surface area contributed by atoms with Crippen LogP contribution in [0.3, 0.4) is 0 Å². The second kappa shape index (κ2) is 6.05. The lowest BCUT2D eigenvalue weighted by Crippen LogP contribution is -1.95. The number of aryl methyl sites for hydroxylation is 1. The molecule has 19 heavy (non-hydrogen) atoms. The third kappa shape index (κ3) is 3.25. The van der Waals surface area contributed by atoms with Crippen LogP contribution >= 0.6 is 22.9 Å². The van der Waals surface area contributed by atoms with E-state index in [0.717, 1.165) is 29.0 Å². The van der Waals surface area contributed by atoms with Crippen LogP contribution < -0.4 is 5.73 Å². The highest BCUT2D eigenvalue weighted by Crippen LogP contribution is 2.27. The van der Waals surface area contributed by atoms with Crippen molar-refractivity contribution in [3.63, 3.8) is 0 Å². The van der Waals surface area contributed by atoms with Crippen LogP contribution in [0.4, 0.5) is 5.13 Å². The molecule has 3 nitrogen and oxygen atoms in total. The fraction of sp³-hybridized carbons (Fsp3) is 0.286. The average Bonchev–Trinajstić information content (AvgIpc) is 2.70. The highest BCUT2D eigenvalue weighted by molar-refractivity contribution is 7.15. The molecule has 1 aromatic heterocycles. The first-order valence-corrected chi connectivity index (χ1v) is 7.26. The number of benzene rings is 1. The van der Waals surface area contributed by atoms with Crippen molar-refractivity contribution in [1.82, 2.24) is 4.98 Å². The number of hydrogen-bond donors (Lipinski definition) is 1. The summed E-state index contributed by atoms with van der Waals surface area (Å²) >= 11 is 7.49. The van der Waals surface area contributed by atoms with Gasteiger partial charge >= 0.3 is 0 Å². The van der Waals surface area contributed by atoms with Crippen molar-refractivity contribution in [1.29, 1.82) is 5.26 Å². The van der Waals surface area contributed by atoms with Crippen LogP contribution in [0.5, 0.6) is 0 Å². The van der Waals surface area contributed by atoms with Crippen molar-refractivity contribution >= 4 is 28.1 Å². The van der Waals surface area contributed by atoms with Crippen LogP contribution in [-0.4, -0.2) is 4.98 Å². The van der Waals surface area contributed by atoms with E-state index in [-0.39, 0.29) is 0 Å². The Morgan fingerprint density at radius 1 is 1.47 bits per heavy atom. The van der Waals surface area contributed by atoms with Crippen molar-refractivity contribution in [3.05, 3.63) is 44.9 Å². The van der Waals surface area contributed by atoms with E-state index in [9.17, 15) is 0 Å². The first-order valence-electron chi connectivity index (χ1n) is 6.06. The van der Waals surface area contributed by atoms with Gasteiger partial charge in [-0.2, -0.15) is 5.26 Å². The molecule has 2 N–H and O–H groups in total. The van der Waals surface area contributed by atoms with Crippen molar-refractivity contribution < 1.29 is 0 Å². The van der Waals surface area contributed by atoms with Crippen LogP contribution in [0.15, 0.2) is 18.2 Å². The zero-order valence-electron chi connectivity index (χ0n) is 10.6. The van der Waals surface area contributed by atoms with Gasteiger partial charge in [0, 0.05) is 16.3 Å². The molecule has 0 atom stereocenters. The lowest BCUT2D eigenvalue weighted by atomic mass is 10.0. The monoisotopic (exact) mass is 291 g/mol. The summed E-state index contributed by atoms with van der Waals surface area (Å²) in [5, 5.41) is 10.4. The fourth-order valence-electron chi connectivity index (χ4n) is 1.96. The molecule has 0 saturated carbocycles. The molecule has 0 unspecified atom stereocenters. The molecule has 98 valence electrons. The van der Waals surface area contributed by atoms with Crippen molar-refractivity contribution in [2.75, 3.05) is 5.73 Å². The van der Waals surface area contributed by atoms with Crippen LogP contribution in [0.25, 0.3) is 0 Å². The minimum atomic E-state index is 0.582. The van der Waals surface area contributed by atoms with Gasteiger partial charge in [-0.05, 0) is 30.2 Å². The van der Waals surface area contributed by atoms with Crippen LogP contribution in [0, 0.1) is 11.3 Å². The standard InChI is InChI=1S/C14H14ClN3S/c1-2-3-12-13(19-14(17)18-12)7-10-6-11(15)5-4-9(10)8-16/h4-6H,2-3,7H2,1H3,(H2,17,18). The third-order valence-corrected chi connectivity index (χ3v) is 3.98. The molecule has 0 amide bonds. The molecule has 0 aliphatic heterocycles. The molecule has 2 aromatic rings. The predicted octanol–water partition coefficient (Wildman–Crippen LogP) is 3.79. The second-order valence-electron chi connectivity index (χ2n) is 4.26. The van der Waals surface area contributed by atoms with Crippen molar-refractivity contribution in [2.45, 2.75) is 26.2 Å². The largest absolute Gasteiger partial charge is 0.375 e. The molecule has 0 saturated heterocycles. The molecular formula is C14H14ClN3S. The molecule has 1 heterocycles. The normalized spacial score (nSPS) is 10.4. The highest BCUT2D eigenvalue weighted by Gasteiger charge is 2.12. The van der Waals surface area contributed by atoms with Gasteiger partial charge in [0.05, 0.1) is 17.3 Å². The molecule has 5 heteroatoms. The number of halogens is 1.